The molecule has 76 heavy (non-hydrogen) atoms. The summed E-state index contributed by atoms with van der Waals surface area (Å²) in [4.78, 5) is 43.6. The molecular weight excluding hydrogens is 1140 g/mol. The number of nitrogens with zero attached hydrogens (tertiary/aromatic N) is 4. The van der Waals surface area contributed by atoms with Crippen LogP contribution in [0.2, 0.25) is 13.3 Å². The summed E-state index contributed by atoms with van der Waals surface area (Å²) in [5.41, 5.74) is 2.21. The molecule has 2 fully saturated rings. The van der Waals surface area contributed by atoms with Gasteiger partial charge >= 0.3 is 123 Å². The number of amides is 2. The molecule has 0 radical (unpaired) electrons. The van der Waals surface area contributed by atoms with E-state index in [0.717, 1.165) is 38.5 Å². The van der Waals surface area contributed by atoms with Gasteiger partial charge in [0, 0.05) is 46.3 Å². The molecule has 0 spiro atoms. The number of carbonyl (C=O) groups is 2. The predicted molar refractivity (Wildman–Crippen MR) is 302 cm³/mol. The van der Waals surface area contributed by atoms with E-state index >= 15 is 0 Å². The van der Waals surface area contributed by atoms with Crippen LogP contribution in [-0.2, 0) is 0 Å². The van der Waals surface area contributed by atoms with Crippen molar-refractivity contribution < 1.29 is 37.3 Å². The van der Waals surface area contributed by atoms with Crippen LogP contribution < -0.4 is 33.3 Å². The standard InChI is InChI=1S/C24H24FN3O3.C20H21BrFNO3.C4H3N2.3C4H9.Sn/c1-30-22-7-3-5-19(21-14-26-12-13-27-21)23(22)24(29)28-20-6-2-4-16(20)15-31-18-10-8-17(25)9-11-18;1-25-18-7-3-5-16(21)19(18)20(24)23-17-6-2-4-13(17)12-26-15-10-8-14(22)9-11-15;1-2-6-4-3-5-1;3*1-3-4-2;/h3,5,7-14,16,20H,2,4,6,15H2,1H3,(H,28,29);3,5,7-11,13,17H,2,4,6,12H2,1H3,(H,23,24);1-3H;3*1,3-4H2,2H3;/t16-,20+;13-,17+;;;;;/m11...../s1. The van der Waals surface area contributed by atoms with Gasteiger partial charge in [-0.15, -0.1) is 0 Å². The molecule has 2 N–H and O–H groups in total. The number of unbranched alkanes of at least 4 members (excludes halogenated alkanes) is 3. The van der Waals surface area contributed by atoms with Crippen LogP contribution in [-0.4, -0.2) is 89.6 Å². The Morgan fingerprint density at radius 2 is 1.08 bits per heavy atom. The molecule has 2 amide bonds. The number of ether oxygens (including phenoxy) is 4. The van der Waals surface area contributed by atoms with Crippen molar-refractivity contribution in [1.29, 1.82) is 0 Å². The number of nitrogens with one attached hydrogen (secondary N) is 2. The van der Waals surface area contributed by atoms with Gasteiger partial charge in [0.25, 0.3) is 11.8 Å². The summed E-state index contributed by atoms with van der Waals surface area (Å²) in [5, 5.41) is 6.29. The summed E-state index contributed by atoms with van der Waals surface area (Å²) in [6.45, 7) is 7.88. The topological polar surface area (TPSA) is 147 Å². The van der Waals surface area contributed by atoms with Gasteiger partial charge in [0.15, 0.2) is 0 Å². The van der Waals surface area contributed by atoms with Crippen molar-refractivity contribution in [1.82, 2.24) is 30.6 Å². The maximum Gasteiger partial charge on any atom is 0.256 e. The maximum atomic E-state index is 13.3. The number of hydrogen-bond donors (Lipinski definition) is 2. The average molecular weight is 1210 g/mol. The molecule has 6 aromatic rings. The van der Waals surface area contributed by atoms with Gasteiger partial charge in [0.05, 0.1) is 50.5 Å². The minimum atomic E-state index is -2.27. The van der Waals surface area contributed by atoms with Gasteiger partial charge in [-0.1, -0.05) is 31.0 Å². The fraction of sp³-hybridized carbons (Fsp3) is 0.433. The Bertz CT molecular complexity index is 2660. The van der Waals surface area contributed by atoms with Crippen molar-refractivity contribution in [2.45, 2.75) is 123 Å². The van der Waals surface area contributed by atoms with Crippen molar-refractivity contribution in [3.8, 4) is 34.3 Å². The minimum absolute atomic E-state index is 0.0208. The summed E-state index contributed by atoms with van der Waals surface area (Å²) in [6, 6.07) is 22.8. The van der Waals surface area contributed by atoms with Crippen LogP contribution in [0.4, 0.5) is 8.78 Å². The van der Waals surface area contributed by atoms with Gasteiger partial charge < -0.3 is 29.6 Å². The van der Waals surface area contributed by atoms with E-state index < -0.39 is 18.4 Å². The van der Waals surface area contributed by atoms with Gasteiger partial charge in [-0.05, 0) is 108 Å². The van der Waals surface area contributed by atoms with E-state index in [4.69, 9.17) is 23.9 Å². The van der Waals surface area contributed by atoms with Gasteiger partial charge in [-0.25, -0.2) is 8.78 Å². The van der Waals surface area contributed by atoms with Gasteiger partial charge in [-0.3, -0.25) is 19.6 Å². The Hall–Kier alpha value is -5.68. The predicted octanol–water partition coefficient (Wildman–Crippen LogP) is 13.4. The Kier molecular flexibility index (Phi) is 24.7. The fourth-order valence-electron chi connectivity index (χ4n) is 10.2. The van der Waals surface area contributed by atoms with E-state index in [2.05, 4.69) is 68.5 Å². The zero-order valence-corrected chi connectivity index (χ0v) is 49.2. The first kappa shape index (κ1) is 59.6. The zero-order chi connectivity index (χ0) is 54.1. The molecule has 406 valence electrons. The van der Waals surface area contributed by atoms with Crippen LogP contribution in [0, 0.1) is 23.5 Å². The first-order chi connectivity index (χ1) is 37.0. The van der Waals surface area contributed by atoms with Crippen molar-refractivity contribution in [2.24, 2.45) is 11.8 Å². The third kappa shape index (κ3) is 17.4. The number of rotatable bonds is 23. The van der Waals surface area contributed by atoms with E-state index in [-0.39, 0.29) is 47.4 Å². The molecule has 2 saturated carbocycles. The van der Waals surface area contributed by atoms with E-state index in [0.29, 0.717) is 63.1 Å². The van der Waals surface area contributed by atoms with Gasteiger partial charge in [0.2, 0.25) is 0 Å². The first-order valence-electron chi connectivity index (χ1n) is 26.9. The molecule has 12 nitrogen and oxygen atoms in total. The van der Waals surface area contributed by atoms with E-state index in [1.54, 1.807) is 69.2 Å². The van der Waals surface area contributed by atoms with Crippen LogP contribution in [0.1, 0.15) is 119 Å². The third-order valence-corrected chi connectivity index (χ3v) is 30.1. The molecule has 0 bridgehead atoms. The molecule has 8 rings (SSSR count). The second-order valence-corrected chi connectivity index (χ2v) is 33.4. The summed E-state index contributed by atoms with van der Waals surface area (Å²) in [6.07, 6.45) is 24.5. The molecule has 0 aliphatic heterocycles. The van der Waals surface area contributed by atoms with Crippen molar-refractivity contribution in [3.63, 3.8) is 0 Å². The largest absolute Gasteiger partial charge is 0.496 e. The maximum absolute atomic E-state index is 13.3. The monoisotopic (exact) mass is 1210 g/mol. The molecule has 2 heterocycles. The Labute approximate surface area is 461 Å². The normalized spacial score (nSPS) is 16.8. The quantitative estimate of drug-likeness (QED) is 0.0594. The Morgan fingerprint density at radius 3 is 1.54 bits per heavy atom. The van der Waals surface area contributed by atoms with Crippen LogP contribution >= 0.6 is 15.9 Å². The van der Waals surface area contributed by atoms with E-state index in [1.807, 2.05) is 36.7 Å². The fourth-order valence-corrected chi connectivity index (χ4v) is 25.8. The van der Waals surface area contributed by atoms with Crippen LogP contribution in [0.3, 0.4) is 0 Å². The summed E-state index contributed by atoms with van der Waals surface area (Å²) < 4.78 is 55.0. The second kappa shape index (κ2) is 31.5. The smallest absolute Gasteiger partial charge is 0.256 e. The molecule has 2 aliphatic carbocycles. The van der Waals surface area contributed by atoms with E-state index in [9.17, 15) is 18.4 Å². The molecule has 0 unspecified atom stereocenters. The molecule has 2 aromatic heterocycles. The zero-order valence-electron chi connectivity index (χ0n) is 44.7. The number of hydrogen-bond acceptors (Lipinski definition) is 10. The summed E-state index contributed by atoms with van der Waals surface area (Å²) >= 11 is 1.15. The SMILES string of the molecule is CCC[CH2][Sn]([CH2]CCC)([CH2]CCC)[c]1cnccn1.COc1cccc(-c2cnccn2)c1C(=O)N[C@H]1CCC[C@@H]1COc1ccc(F)cc1.COc1cccc(Br)c1C(=O)N[C@H]1CCC[C@@H]1COc1ccc(F)cc1. The minimum Gasteiger partial charge on any atom is -0.496 e. The van der Waals surface area contributed by atoms with Crippen molar-refractivity contribution in [3.05, 3.63) is 149 Å². The third-order valence-electron chi connectivity index (χ3n) is 14.4. The molecular formula is C60H75BrF2N6O6Sn. The van der Waals surface area contributed by atoms with Crippen LogP contribution in [0.25, 0.3) is 11.3 Å². The van der Waals surface area contributed by atoms with Crippen LogP contribution in [0.5, 0.6) is 23.0 Å². The molecule has 16 heteroatoms. The van der Waals surface area contributed by atoms with Gasteiger partial charge in [-0.2, -0.15) is 0 Å². The Balaban J connectivity index is 0.000000191. The first-order valence-corrected chi connectivity index (χ1v) is 35.2. The molecule has 2 aliphatic rings. The van der Waals surface area contributed by atoms with Crippen LogP contribution in [0.15, 0.2) is 127 Å². The number of carbonyl (C=O) groups excluding carboxylic acids is 2. The number of halogens is 3. The summed E-state index contributed by atoms with van der Waals surface area (Å²) in [7, 11) is 3.09. The summed E-state index contributed by atoms with van der Waals surface area (Å²) in [5.74, 6) is 1.71. The number of aromatic nitrogens is 4. The van der Waals surface area contributed by atoms with Crippen molar-refractivity contribution in [2.75, 3.05) is 27.4 Å². The second-order valence-electron chi connectivity index (χ2n) is 19.5. The number of benzene rings is 4. The van der Waals surface area contributed by atoms with Crippen molar-refractivity contribution >= 4 is 49.8 Å². The number of methoxy groups -OCH3 is 2. The molecule has 4 atom stereocenters. The van der Waals surface area contributed by atoms with E-state index in [1.165, 1.54) is 79.8 Å². The average Bonchev–Trinajstić information content (AvgIpc) is 4.11. The molecule has 0 saturated heterocycles. The van der Waals surface area contributed by atoms with Gasteiger partial charge in [0.1, 0.15) is 34.6 Å². The molecule has 4 aromatic carbocycles. The Morgan fingerprint density at radius 1 is 0.605 bits per heavy atom.